The fraction of sp³-hybridized carbons (Fsp3) is 0.286. The van der Waals surface area contributed by atoms with Gasteiger partial charge in [-0.05, 0) is 77.9 Å². The molecule has 1 amide bonds. The zero-order valence-electron chi connectivity index (χ0n) is 20.6. The van der Waals surface area contributed by atoms with Crippen molar-refractivity contribution in [2.75, 3.05) is 21.3 Å². The second-order valence-corrected chi connectivity index (χ2v) is 8.78. The smallest absolute Gasteiger partial charge is 0.244 e. The molecule has 0 aliphatic carbocycles. The number of thiophene rings is 1. The summed E-state index contributed by atoms with van der Waals surface area (Å²) in [4.78, 5) is 16.6. The normalized spacial score (nSPS) is 12.4. The predicted molar refractivity (Wildman–Crippen MR) is 141 cm³/mol. The molecule has 3 rings (SSSR count). The highest BCUT2D eigenvalue weighted by atomic mass is 32.1. The van der Waals surface area contributed by atoms with E-state index in [1.165, 1.54) is 5.56 Å². The number of benzene rings is 1. The van der Waals surface area contributed by atoms with Gasteiger partial charge in [-0.2, -0.15) is 11.3 Å². The van der Waals surface area contributed by atoms with Gasteiger partial charge in [-0.25, -0.2) is 0 Å². The molecule has 0 aliphatic heterocycles. The largest absolute Gasteiger partial charge is 0.493 e. The summed E-state index contributed by atoms with van der Waals surface area (Å²) in [6.45, 7) is 2.02. The van der Waals surface area contributed by atoms with Crippen LogP contribution in [0, 0.1) is 0 Å². The molecule has 1 N–H and O–H groups in total. The van der Waals surface area contributed by atoms with Crippen LogP contribution < -0.4 is 19.5 Å². The number of carbonyl (C=O) groups is 1. The molecule has 0 bridgehead atoms. The van der Waals surface area contributed by atoms with Crippen molar-refractivity contribution in [2.24, 2.45) is 0 Å². The van der Waals surface area contributed by atoms with Crippen molar-refractivity contribution in [3.05, 3.63) is 88.4 Å². The maximum Gasteiger partial charge on any atom is 0.244 e. The van der Waals surface area contributed by atoms with Crippen LogP contribution in [0.15, 0.2) is 71.7 Å². The summed E-state index contributed by atoms with van der Waals surface area (Å²) in [5.74, 6) is 1.56. The Balaban J connectivity index is 1.71. The summed E-state index contributed by atoms with van der Waals surface area (Å²) in [5, 5.41) is 7.11. The first kappa shape index (κ1) is 26.0. The van der Waals surface area contributed by atoms with Crippen LogP contribution in [0.25, 0.3) is 5.57 Å². The van der Waals surface area contributed by atoms with Gasteiger partial charge in [0.2, 0.25) is 11.7 Å². The van der Waals surface area contributed by atoms with Crippen molar-refractivity contribution < 1.29 is 19.0 Å². The first-order valence-corrected chi connectivity index (χ1v) is 12.4. The number of aromatic nitrogens is 1. The molecule has 35 heavy (non-hydrogen) atoms. The van der Waals surface area contributed by atoms with Crippen LogP contribution in [0.5, 0.6) is 17.2 Å². The van der Waals surface area contributed by atoms with Gasteiger partial charge in [-0.1, -0.05) is 18.2 Å². The van der Waals surface area contributed by atoms with E-state index in [4.69, 9.17) is 14.2 Å². The average Bonchev–Trinajstić information content (AvgIpc) is 3.41. The Morgan fingerprint density at radius 3 is 2.60 bits per heavy atom. The second-order valence-electron chi connectivity index (χ2n) is 8.00. The number of ether oxygens (including phenoxy) is 3. The topological polar surface area (TPSA) is 69.7 Å². The maximum absolute atomic E-state index is 12.5. The van der Waals surface area contributed by atoms with E-state index in [0.29, 0.717) is 17.2 Å². The van der Waals surface area contributed by atoms with E-state index < -0.39 is 0 Å². The van der Waals surface area contributed by atoms with Crippen LogP contribution in [0.1, 0.15) is 36.5 Å². The van der Waals surface area contributed by atoms with Gasteiger partial charge in [0.25, 0.3) is 0 Å². The fourth-order valence-corrected chi connectivity index (χ4v) is 4.48. The third-order valence-electron chi connectivity index (χ3n) is 5.55. The highest BCUT2D eigenvalue weighted by Crippen LogP contribution is 2.44. The molecule has 0 saturated carbocycles. The van der Waals surface area contributed by atoms with Crippen LogP contribution >= 0.6 is 11.3 Å². The Morgan fingerprint density at radius 2 is 1.94 bits per heavy atom. The highest BCUT2D eigenvalue weighted by Gasteiger charge is 2.19. The van der Waals surface area contributed by atoms with Crippen molar-refractivity contribution in [1.82, 2.24) is 10.3 Å². The van der Waals surface area contributed by atoms with E-state index in [1.54, 1.807) is 51.0 Å². The van der Waals surface area contributed by atoms with Gasteiger partial charge >= 0.3 is 0 Å². The highest BCUT2D eigenvalue weighted by molar-refractivity contribution is 7.08. The van der Waals surface area contributed by atoms with E-state index in [1.807, 2.05) is 48.8 Å². The Bertz CT molecular complexity index is 1140. The quantitative estimate of drug-likeness (QED) is 0.260. The number of carbonyl (C=O) groups excluding carboxylic acids is 1. The molecule has 2 aromatic heterocycles. The Hall–Kier alpha value is -3.58. The molecule has 0 unspecified atom stereocenters. The minimum absolute atomic E-state index is 0.0788. The van der Waals surface area contributed by atoms with Crippen molar-refractivity contribution in [3.8, 4) is 17.2 Å². The first-order chi connectivity index (χ1) is 17.1. The molecule has 3 aromatic rings. The summed E-state index contributed by atoms with van der Waals surface area (Å²) in [6, 6.07) is 9.91. The lowest BCUT2D eigenvalue weighted by atomic mass is 9.98. The van der Waals surface area contributed by atoms with Crippen molar-refractivity contribution in [3.63, 3.8) is 0 Å². The van der Waals surface area contributed by atoms with Crippen molar-refractivity contribution in [2.45, 2.75) is 32.2 Å². The maximum atomic E-state index is 12.5. The Morgan fingerprint density at radius 1 is 1.11 bits per heavy atom. The molecule has 0 fully saturated rings. The minimum Gasteiger partial charge on any atom is -0.493 e. The van der Waals surface area contributed by atoms with Gasteiger partial charge in [0.1, 0.15) is 0 Å². The molecule has 2 heterocycles. The van der Waals surface area contributed by atoms with Gasteiger partial charge in [-0.3, -0.25) is 9.78 Å². The number of rotatable bonds is 12. The molecular weight excluding hydrogens is 460 g/mol. The SMILES string of the molecule is COc1ccc(C(=CC=CC(=O)N[C@H](C)CCCc2cccnc2)c2ccsc2)c(OC)c1OC. The monoisotopic (exact) mass is 492 g/mol. The number of pyridine rings is 1. The summed E-state index contributed by atoms with van der Waals surface area (Å²) in [7, 11) is 4.78. The zero-order valence-corrected chi connectivity index (χ0v) is 21.4. The number of methoxy groups -OCH3 is 3. The summed E-state index contributed by atoms with van der Waals surface area (Å²) >= 11 is 1.60. The van der Waals surface area contributed by atoms with Crippen LogP contribution in [0.3, 0.4) is 0 Å². The third-order valence-corrected chi connectivity index (χ3v) is 6.23. The van der Waals surface area contributed by atoms with E-state index in [9.17, 15) is 4.79 Å². The molecule has 0 saturated heterocycles. The van der Waals surface area contributed by atoms with Crippen LogP contribution in [0.4, 0.5) is 0 Å². The predicted octanol–water partition coefficient (Wildman–Crippen LogP) is 5.68. The lowest BCUT2D eigenvalue weighted by Gasteiger charge is -2.17. The molecule has 0 aliphatic rings. The van der Waals surface area contributed by atoms with Gasteiger partial charge in [0.15, 0.2) is 11.5 Å². The first-order valence-electron chi connectivity index (χ1n) is 11.5. The lowest BCUT2D eigenvalue weighted by Crippen LogP contribution is -2.31. The minimum atomic E-state index is -0.126. The standard InChI is InChI=1S/C28H32N2O4S/c1-20(8-5-9-21-10-7-16-29-18-21)30-26(31)12-6-11-23(22-15-17-35-19-22)24-13-14-25(32-2)28(34-4)27(24)33-3/h6-7,10-20H,5,8-9H2,1-4H3,(H,30,31)/t20-/m1/s1. The van der Waals surface area contributed by atoms with Crippen LogP contribution in [-0.4, -0.2) is 38.3 Å². The molecule has 1 atom stereocenters. The molecule has 0 spiro atoms. The number of amides is 1. The molecule has 1 aromatic carbocycles. The second kappa shape index (κ2) is 13.3. The molecule has 7 heteroatoms. The molecule has 6 nitrogen and oxygen atoms in total. The Labute approximate surface area is 211 Å². The van der Waals surface area contributed by atoms with Crippen molar-refractivity contribution in [1.29, 1.82) is 0 Å². The Kier molecular flexibility index (Phi) is 9.93. The third kappa shape index (κ3) is 7.20. The van der Waals surface area contributed by atoms with Gasteiger partial charge in [-0.15, -0.1) is 0 Å². The lowest BCUT2D eigenvalue weighted by molar-refractivity contribution is -0.117. The fourth-order valence-electron chi connectivity index (χ4n) is 3.83. The van der Waals surface area contributed by atoms with Gasteiger partial charge < -0.3 is 19.5 Å². The number of allylic oxidation sites excluding steroid dienone is 2. The van der Waals surface area contributed by atoms with E-state index in [0.717, 1.165) is 36.0 Å². The van der Waals surface area contributed by atoms with E-state index in [-0.39, 0.29) is 11.9 Å². The zero-order chi connectivity index (χ0) is 25.0. The molecular formula is C28H32N2O4S. The van der Waals surface area contributed by atoms with E-state index in [2.05, 4.69) is 21.7 Å². The summed E-state index contributed by atoms with van der Waals surface area (Å²) in [6.07, 6.45) is 11.7. The molecule has 184 valence electrons. The summed E-state index contributed by atoms with van der Waals surface area (Å²) in [5.41, 5.74) is 3.99. The summed E-state index contributed by atoms with van der Waals surface area (Å²) < 4.78 is 16.7. The number of hydrogen-bond donors (Lipinski definition) is 1. The number of hydrogen-bond acceptors (Lipinski definition) is 6. The number of nitrogens with zero attached hydrogens (tertiary/aromatic N) is 1. The number of nitrogens with one attached hydrogen (secondary N) is 1. The van der Waals surface area contributed by atoms with Gasteiger partial charge in [0.05, 0.1) is 21.3 Å². The number of aryl methyl sites for hydroxylation is 1. The van der Waals surface area contributed by atoms with Crippen LogP contribution in [0.2, 0.25) is 0 Å². The van der Waals surface area contributed by atoms with Crippen molar-refractivity contribution >= 4 is 22.8 Å². The molecule has 0 radical (unpaired) electrons. The average molecular weight is 493 g/mol. The van der Waals surface area contributed by atoms with E-state index >= 15 is 0 Å². The van der Waals surface area contributed by atoms with Crippen LogP contribution in [-0.2, 0) is 11.2 Å². The van der Waals surface area contributed by atoms with Gasteiger partial charge in [0, 0.05) is 30.1 Å².